The summed E-state index contributed by atoms with van der Waals surface area (Å²) in [6.45, 7) is 0. The minimum absolute atomic E-state index is 0.0861. The van der Waals surface area contributed by atoms with Gasteiger partial charge in [0, 0.05) is 12.8 Å². The van der Waals surface area contributed by atoms with Crippen molar-refractivity contribution in [3.05, 3.63) is 35.4 Å². The molecule has 0 aromatic heterocycles. The summed E-state index contributed by atoms with van der Waals surface area (Å²) in [5, 5.41) is 28.7. The molecule has 1 atom stereocenters. The Hall–Kier alpha value is -2.94. The van der Waals surface area contributed by atoms with Crippen LogP contribution in [-0.4, -0.2) is 45.2 Å². The molecule has 172 valence electrons. The fourth-order valence-electron chi connectivity index (χ4n) is 3.19. The maximum absolute atomic E-state index is 11.9. The molecule has 0 spiro atoms. The zero-order valence-corrected chi connectivity index (χ0v) is 17.6. The van der Waals surface area contributed by atoms with E-state index in [1.165, 1.54) is 5.48 Å². The van der Waals surface area contributed by atoms with Crippen molar-refractivity contribution in [1.29, 1.82) is 0 Å². The number of carbonyl (C=O) groups is 4. The van der Waals surface area contributed by atoms with E-state index in [9.17, 15) is 19.2 Å². The van der Waals surface area contributed by atoms with E-state index in [0.717, 1.165) is 50.5 Å². The molecule has 1 rings (SSSR count). The van der Waals surface area contributed by atoms with Gasteiger partial charge in [-0.2, -0.15) is 0 Å². The first kappa shape index (κ1) is 26.1. The van der Waals surface area contributed by atoms with Gasteiger partial charge in [-0.3, -0.25) is 19.6 Å². The minimum Gasteiger partial charge on any atom is -0.481 e. The highest BCUT2D eigenvalue weighted by Gasteiger charge is 2.21. The van der Waals surface area contributed by atoms with Crippen LogP contribution in [0.25, 0.3) is 0 Å². The number of aliphatic carboxylic acids is 1. The van der Waals surface area contributed by atoms with Gasteiger partial charge in [-0.15, -0.1) is 0 Å². The number of aromatic carboxylic acids is 1. The number of rotatable bonds is 16. The summed E-state index contributed by atoms with van der Waals surface area (Å²) in [6.07, 6.45) is 7.63. The lowest BCUT2D eigenvalue weighted by Gasteiger charge is -2.15. The van der Waals surface area contributed by atoms with Gasteiger partial charge in [0.2, 0.25) is 5.91 Å². The van der Waals surface area contributed by atoms with E-state index in [1.54, 1.807) is 12.1 Å². The molecule has 0 radical (unpaired) electrons. The number of hydrogen-bond donors (Lipinski definition) is 5. The Morgan fingerprint density at radius 1 is 0.806 bits per heavy atom. The number of carbonyl (C=O) groups excluding carboxylic acids is 2. The number of hydroxylamine groups is 1. The molecule has 1 aromatic carbocycles. The zero-order chi connectivity index (χ0) is 23.1. The van der Waals surface area contributed by atoms with E-state index in [2.05, 4.69) is 5.32 Å². The largest absolute Gasteiger partial charge is 0.481 e. The van der Waals surface area contributed by atoms with Crippen molar-refractivity contribution in [2.75, 3.05) is 0 Å². The first-order valence-corrected chi connectivity index (χ1v) is 10.6. The highest BCUT2D eigenvalue weighted by Crippen LogP contribution is 2.12. The summed E-state index contributed by atoms with van der Waals surface area (Å²) in [7, 11) is 0. The van der Waals surface area contributed by atoms with Crippen LogP contribution in [0.4, 0.5) is 0 Å². The number of carboxylic acid groups (broad SMARTS) is 2. The lowest BCUT2D eigenvalue weighted by Crippen LogP contribution is -2.46. The fraction of sp³-hybridized carbons (Fsp3) is 0.545. The molecule has 0 aliphatic heterocycles. The summed E-state index contributed by atoms with van der Waals surface area (Å²) < 4.78 is 0. The fourth-order valence-corrected chi connectivity index (χ4v) is 3.19. The maximum Gasteiger partial charge on any atom is 0.335 e. The summed E-state index contributed by atoms with van der Waals surface area (Å²) in [4.78, 5) is 44.9. The molecule has 0 aliphatic rings. The van der Waals surface area contributed by atoms with Gasteiger partial charge in [0.15, 0.2) is 0 Å². The number of hydrogen-bond acceptors (Lipinski definition) is 5. The number of unbranched alkanes of at least 4 members (excludes halogenated alkanes) is 6. The van der Waals surface area contributed by atoms with Crippen LogP contribution in [0.5, 0.6) is 0 Å². The van der Waals surface area contributed by atoms with E-state index in [1.807, 2.05) is 12.1 Å². The Balaban J connectivity index is 2.09. The summed E-state index contributed by atoms with van der Waals surface area (Å²) >= 11 is 0. The number of nitrogens with one attached hydrogen (secondary N) is 2. The lowest BCUT2D eigenvalue weighted by molar-refractivity contribution is -0.139. The van der Waals surface area contributed by atoms with Gasteiger partial charge in [0.1, 0.15) is 6.04 Å². The molecular formula is C22H32N2O7. The molecule has 1 aromatic rings. The number of amides is 2. The van der Waals surface area contributed by atoms with Crippen LogP contribution in [0.2, 0.25) is 0 Å². The number of aryl methyl sites for hydroxylation is 1. The van der Waals surface area contributed by atoms with Gasteiger partial charge in [-0.05, 0) is 43.4 Å². The molecule has 0 aliphatic carbocycles. The van der Waals surface area contributed by atoms with Gasteiger partial charge in [-0.25, -0.2) is 10.3 Å². The molecule has 0 saturated carbocycles. The monoisotopic (exact) mass is 436 g/mol. The van der Waals surface area contributed by atoms with Crippen molar-refractivity contribution in [2.45, 2.75) is 76.7 Å². The third-order valence-corrected chi connectivity index (χ3v) is 4.98. The molecule has 2 amide bonds. The van der Waals surface area contributed by atoms with Gasteiger partial charge >= 0.3 is 11.9 Å². The van der Waals surface area contributed by atoms with Crippen molar-refractivity contribution in [1.82, 2.24) is 10.8 Å². The second kappa shape index (κ2) is 15.0. The Kier molecular flexibility index (Phi) is 12.6. The van der Waals surface area contributed by atoms with Crippen LogP contribution < -0.4 is 10.8 Å². The van der Waals surface area contributed by atoms with Crippen molar-refractivity contribution >= 4 is 23.8 Å². The van der Waals surface area contributed by atoms with E-state index < -0.39 is 23.9 Å². The molecule has 0 bridgehead atoms. The topological polar surface area (TPSA) is 153 Å². The summed E-state index contributed by atoms with van der Waals surface area (Å²) in [5.41, 5.74) is 2.87. The quantitative estimate of drug-likeness (QED) is 0.152. The van der Waals surface area contributed by atoms with Gasteiger partial charge in [0.05, 0.1) is 5.56 Å². The van der Waals surface area contributed by atoms with E-state index in [4.69, 9.17) is 15.4 Å². The van der Waals surface area contributed by atoms with Crippen LogP contribution in [0.1, 0.15) is 80.1 Å². The van der Waals surface area contributed by atoms with E-state index in [-0.39, 0.29) is 25.2 Å². The average Bonchev–Trinajstić information content (AvgIpc) is 2.75. The predicted molar refractivity (Wildman–Crippen MR) is 113 cm³/mol. The van der Waals surface area contributed by atoms with Crippen LogP contribution in [0.15, 0.2) is 24.3 Å². The smallest absolute Gasteiger partial charge is 0.335 e. The van der Waals surface area contributed by atoms with Crippen LogP contribution in [-0.2, 0) is 20.8 Å². The standard InChI is InChI=1S/C22H32N2O7/c25-19(23-18(21(28)24-31)14-15-20(26)27)9-7-5-3-1-2-4-6-8-16-10-12-17(13-11-16)22(29)30/h10-13,18,31H,1-9,14-15H2,(H,23,25)(H,24,28)(H,26,27)(H,29,30)/t18-/m1/s1. The molecule has 31 heavy (non-hydrogen) atoms. The molecule has 5 N–H and O–H groups in total. The molecular weight excluding hydrogens is 404 g/mol. The van der Waals surface area contributed by atoms with Crippen molar-refractivity contribution in [3.8, 4) is 0 Å². The maximum atomic E-state index is 11.9. The molecule has 0 unspecified atom stereocenters. The van der Waals surface area contributed by atoms with Crippen molar-refractivity contribution in [3.63, 3.8) is 0 Å². The third kappa shape index (κ3) is 11.7. The molecule has 0 fully saturated rings. The van der Waals surface area contributed by atoms with Crippen molar-refractivity contribution < 1.29 is 34.6 Å². The Morgan fingerprint density at radius 3 is 1.94 bits per heavy atom. The van der Waals surface area contributed by atoms with Crippen LogP contribution in [0, 0.1) is 0 Å². The lowest BCUT2D eigenvalue weighted by atomic mass is 10.0. The van der Waals surface area contributed by atoms with E-state index in [0.29, 0.717) is 12.0 Å². The number of carboxylic acids is 2. The van der Waals surface area contributed by atoms with Gasteiger partial charge < -0.3 is 15.5 Å². The Bertz CT molecular complexity index is 719. The molecule has 0 heterocycles. The molecule has 0 saturated heterocycles. The second-order valence-electron chi connectivity index (χ2n) is 7.51. The normalized spacial score (nSPS) is 11.5. The highest BCUT2D eigenvalue weighted by molar-refractivity contribution is 5.88. The summed E-state index contributed by atoms with van der Waals surface area (Å²) in [6, 6.07) is 5.89. The second-order valence-corrected chi connectivity index (χ2v) is 7.51. The Morgan fingerprint density at radius 2 is 1.39 bits per heavy atom. The molecule has 9 heteroatoms. The van der Waals surface area contributed by atoms with Gasteiger partial charge in [0.25, 0.3) is 5.91 Å². The van der Waals surface area contributed by atoms with Crippen molar-refractivity contribution in [2.24, 2.45) is 0 Å². The zero-order valence-electron chi connectivity index (χ0n) is 17.6. The highest BCUT2D eigenvalue weighted by atomic mass is 16.5. The Labute approximate surface area is 181 Å². The number of benzene rings is 1. The first-order valence-electron chi connectivity index (χ1n) is 10.6. The van der Waals surface area contributed by atoms with E-state index >= 15 is 0 Å². The third-order valence-electron chi connectivity index (χ3n) is 4.98. The first-order chi connectivity index (χ1) is 14.8. The van der Waals surface area contributed by atoms with Crippen LogP contribution >= 0.6 is 0 Å². The minimum atomic E-state index is -1.08. The predicted octanol–water partition coefficient (Wildman–Crippen LogP) is 2.90. The molecule has 9 nitrogen and oxygen atoms in total. The van der Waals surface area contributed by atoms with Crippen LogP contribution in [0.3, 0.4) is 0 Å². The van der Waals surface area contributed by atoms with Gasteiger partial charge in [-0.1, -0.05) is 44.2 Å². The SMILES string of the molecule is O=C(O)CC[C@@H](NC(=O)CCCCCCCCCc1ccc(C(=O)O)cc1)C(=O)NO. The average molecular weight is 437 g/mol. The summed E-state index contributed by atoms with van der Waals surface area (Å²) in [5.74, 6) is -3.17.